The lowest BCUT2D eigenvalue weighted by Crippen LogP contribution is -2.04. The van der Waals surface area contributed by atoms with Crippen LogP contribution in [0.3, 0.4) is 0 Å². The van der Waals surface area contributed by atoms with Crippen LogP contribution < -0.4 is 9.47 Å². The fourth-order valence-corrected chi connectivity index (χ4v) is 1.66. The molecule has 1 aromatic carbocycles. The van der Waals surface area contributed by atoms with E-state index in [0.717, 1.165) is 0 Å². The van der Waals surface area contributed by atoms with Gasteiger partial charge in [0, 0.05) is 6.07 Å². The summed E-state index contributed by atoms with van der Waals surface area (Å²) in [7, 11) is 3.12. The van der Waals surface area contributed by atoms with Gasteiger partial charge in [0.1, 0.15) is 17.2 Å². The van der Waals surface area contributed by atoms with Crippen LogP contribution in [-0.4, -0.2) is 41.8 Å². The molecule has 0 saturated carbocycles. The summed E-state index contributed by atoms with van der Waals surface area (Å²) in [4.78, 5) is 11.6. The van der Waals surface area contributed by atoms with E-state index in [2.05, 4.69) is 10.3 Å². The van der Waals surface area contributed by atoms with Crippen LogP contribution in [0.4, 0.5) is 0 Å². The Bertz CT molecular complexity index is 609. The van der Waals surface area contributed by atoms with E-state index in [1.54, 1.807) is 39.3 Å². The van der Waals surface area contributed by atoms with E-state index in [1.165, 1.54) is 10.9 Å². The van der Waals surface area contributed by atoms with E-state index in [1.807, 2.05) is 0 Å². The summed E-state index contributed by atoms with van der Waals surface area (Å²) < 4.78 is 16.7. The standard InChI is InChI=1S/C13H15N3O4/c1-4-20-13(17)10-8-16(15-14-10)11-7-9(18-2)5-6-12(11)19-3/h5-8H,4H2,1-3H3. The van der Waals surface area contributed by atoms with E-state index in [0.29, 0.717) is 17.2 Å². The van der Waals surface area contributed by atoms with Crippen LogP contribution in [0.5, 0.6) is 11.5 Å². The van der Waals surface area contributed by atoms with Gasteiger partial charge in [-0.1, -0.05) is 5.21 Å². The molecule has 0 amide bonds. The van der Waals surface area contributed by atoms with Crippen LogP contribution in [0.2, 0.25) is 0 Å². The first-order valence-corrected chi connectivity index (χ1v) is 6.01. The summed E-state index contributed by atoms with van der Waals surface area (Å²) in [6.07, 6.45) is 1.48. The Morgan fingerprint density at radius 2 is 2.10 bits per heavy atom. The first-order chi connectivity index (χ1) is 9.69. The molecular formula is C13H15N3O4. The van der Waals surface area contributed by atoms with Crippen molar-refractivity contribution >= 4 is 5.97 Å². The molecule has 0 saturated heterocycles. The smallest absolute Gasteiger partial charge is 0.360 e. The molecule has 0 aliphatic carbocycles. The molecule has 0 N–H and O–H groups in total. The number of ether oxygens (including phenoxy) is 3. The Hall–Kier alpha value is -2.57. The van der Waals surface area contributed by atoms with Crippen molar-refractivity contribution in [3.8, 4) is 17.2 Å². The number of hydrogen-bond acceptors (Lipinski definition) is 6. The van der Waals surface area contributed by atoms with Crippen LogP contribution in [0.15, 0.2) is 24.4 Å². The van der Waals surface area contributed by atoms with Gasteiger partial charge in [-0.15, -0.1) is 5.10 Å². The van der Waals surface area contributed by atoms with Gasteiger partial charge in [0.25, 0.3) is 0 Å². The van der Waals surface area contributed by atoms with Crippen molar-refractivity contribution in [2.45, 2.75) is 6.92 Å². The molecule has 0 fully saturated rings. The van der Waals surface area contributed by atoms with Gasteiger partial charge in [0.05, 0.1) is 27.0 Å². The van der Waals surface area contributed by atoms with Gasteiger partial charge in [-0.25, -0.2) is 9.48 Å². The highest BCUT2D eigenvalue weighted by Gasteiger charge is 2.15. The number of esters is 1. The molecule has 0 aliphatic heterocycles. The highest BCUT2D eigenvalue weighted by molar-refractivity contribution is 5.86. The van der Waals surface area contributed by atoms with Gasteiger partial charge < -0.3 is 14.2 Å². The first kappa shape index (κ1) is 13.9. The second kappa shape index (κ2) is 6.05. The van der Waals surface area contributed by atoms with Crippen LogP contribution in [0.25, 0.3) is 5.69 Å². The molecule has 2 rings (SSSR count). The van der Waals surface area contributed by atoms with Crippen molar-refractivity contribution in [1.82, 2.24) is 15.0 Å². The largest absolute Gasteiger partial charge is 0.497 e. The number of methoxy groups -OCH3 is 2. The maximum absolute atomic E-state index is 11.6. The molecule has 20 heavy (non-hydrogen) atoms. The number of carbonyl (C=O) groups is 1. The fraction of sp³-hybridized carbons (Fsp3) is 0.308. The van der Waals surface area contributed by atoms with E-state index in [9.17, 15) is 4.79 Å². The van der Waals surface area contributed by atoms with E-state index >= 15 is 0 Å². The minimum Gasteiger partial charge on any atom is -0.497 e. The number of aromatic nitrogens is 3. The van der Waals surface area contributed by atoms with Crippen LogP contribution >= 0.6 is 0 Å². The van der Waals surface area contributed by atoms with Gasteiger partial charge in [-0.3, -0.25) is 0 Å². The molecule has 0 spiro atoms. The van der Waals surface area contributed by atoms with E-state index in [-0.39, 0.29) is 12.3 Å². The zero-order chi connectivity index (χ0) is 14.5. The monoisotopic (exact) mass is 277 g/mol. The van der Waals surface area contributed by atoms with Crippen molar-refractivity contribution in [3.63, 3.8) is 0 Å². The number of carbonyl (C=O) groups excluding carboxylic acids is 1. The quantitative estimate of drug-likeness (QED) is 0.770. The third-order valence-corrected chi connectivity index (χ3v) is 2.61. The predicted octanol–water partition coefficient (Wildman–Crippen LogP) is 1.46. The van der Waals surface area contributed by atoms with Gasteiger partial charge in [0.15, 0.2) is 5.69 Å². The van der Waals surface area contributed by atoms with Crippen molar-refractivity contribution in [3.05, 3.63) is 30.1 Å². The maximum Gasteiger partial charge on any atom is 0.360 e. The summed E-state index contributed by atoms with van der Waals surface area (Å²) in [5, 5.41) is 7.69. The van der Waals surface area contributed by atoms with Crippen molar-refractivity contribution in [2.24, 2.45) is 0 Å². The van der Waals surface area contributed by atoms with Crippen molar-refractivity contribution < 1.29 is 19.0 Å². The molecule has 1 aromatic heterocycles. The highest BCUT2D eigenvalue weighted by Crippen LogP contribution is 2.26. The summed E-state index contributed by atoms with van der Waals surface area (Å²) >= 11 is 0. The number of nitrogens with zero attached hydrogens (tertiary/aromatic N) is 3. The molecule has 2 aromatic rings. The fourth-order valence-electron chi connectivity index (χ4n) is 1.66. The normalized spacial score (nSPS) is 10.2. The van der Waals surface area contributed by atoms with Crippen molar-refractivity contribution in [2.75, 3.05) is 20.8 Å². The van der Waals surface area contributed by atoms with E-state index in [4.69, 9.17) is 14.2 Å². The van der Waals surface area contributed by atoms with Crippen LogP contribution in [-0.2, 0) is 4.74 Å². The van der Waals surface area contributed by atoms with Crippen LogP contribution in [0, 0.1) is 0 Å². The third kappa shape index (κ3) is 2.71. The lowest BCUT2D eigenvalue weighted by Gasteiger charge is -2.09. The minimum absolute atomic E-state index is 0.136. The lowest BCUT2D eigenvalue weighted by atomic mass is 10.2. The maximum atomic E-state index is 11.6. The zero-order valence-electron chi connectivity index (χ0n) is 11.5. The second-order valence-corrected chi connectivity index (χ2v) is 3.81. The molecule has 7 heteroatoms. The molecular weight excluding hydrogens is 262 g/mol. The number of hydrogen-bond donors (Lipinski definition) is 0. The molecule has 0 atom stereocenters. The van der Waals surface area contributed by atoms with Gasteiger partial charge >= 0.3 is 5.97 Å². The first-order valence-electron chi connectivity index (χ1n) is 6.01. The Kier molecular flexibility index (Phi) is 4.19. The van der Waals surface area contributed by atoms with E-state index < -0.39 is 5.97 Å². The zero-order valence-corrected chi connectivity index (χ0v) is 11.5. The molecule has 0 radical (unpaired) electrons. The van der Waals surface area contributed by atoms with Gasteiger partial charge in [-0.2, -0.15) is 0 Å². The molecule has 106 valence electrons. The number of rotatable bonds is 5. The summed E-state index contributed by atoms with van der Waals surface area (Å²) in [6, 6.07) is 5.26. The average molecular weight is 277 g/mol. The molecule has 1 heterocycles. The third-order valence-electron chi connectivity index (χ3n) is 2.61. The Labute approximate surface area is 116 Å². The SMILES string of the molecule is CCOC(=O)c1cn(-c2cc(OC)ccc2OC)nn1. The lowest BCUT2D eigenvalue weighted by molar-refractivity contribution is 0.0519. The minimum atomic E-state index is -0.513. The molecule has 0 aliphatic rings. The van der Waals surface area contributed by atoms with Gasteiger partial charge in [-0.05, 0) is 19.1 Å². The topological polar surface area (TPSA) is 75.5 Å². The summed E-state index contributed by atoms with van der Waals surface area (Å²) in [5.41, 5.74) is 0.756. The number of benzene rings is 1. The molecule has 0 unspecified atom stereocenters. The van der Waals surface area contributed by atoms with Gasteiger partial charge in [0.2, 0.25) is 0 Å². The van der Waals surface area contributed by atoms with Crippen LogP contribution in [0.1, 0.15) is 17.4 Å². The highest BCUT2D eigenvalue weighted by atomic mass is 16.5. The molecule has 0 bridgehead atoms. The Balaban J connectivity index is 2.38. The van der Waals surface area contributed by atoms with Crippen molar-refractivity contribution in [1.29, 1.82) is 0 Å². The second-order valence-electron chi connectivity index (χ2n) is 3.81. The Morgan fingerprint density at radius 1 is 1.30 bits per heavy atom. The summed E-state index contributed by atoms with van der Waals surface area (Å²) in [5.74, 6) is 0.723. The molecule has 7 nitrogen and oxygen atoms in total. The average Bonchev–Trinajstić information content (AvgIpc) is 2.96. The predicted molar refractivity (Wildman–Crippen MR) is 70.4 cm³/mol. The Morgan fingerprint density at radius 3 is 2.75 bits per heavy atom. The summed E-state index contributed by atoms with van der Waals surface area (Å²) in [6.45, 7) is 2.02.